The molecule has 0 aromatic carbocycles. The summed E-state index contributed by atoms with van der Waals surface area (Å²) >= 11 is 0. The van der Waals surface area contributed by atoms with Gasteiger partial charge in [0.05, 0.1) is 25.4 Å². The third-order valence-corrected chi connectivity index (χ3v) is 15.4. The summed E-state index contributed by atoms with van der Waals surface area (Å²) in [4.78, 5) is 26.7. The van der Waals surface area contributed by atoms with Crippen LogP contribution >= 0.6 is 0 Å². The number of carbonyl (C=O) groups excluding carboxylic acids is 2. The Kier molecular flexibility index (Phi) is 58.6. The van der Waals surface area contributed by atoms with Crippen molar-refractivity contribution in [3.63, 3.8) is 0 Å². The largest absolute Gasteiger partial charge is 0.454 e. The zero-order valence-electron chi connectivity index (χ0n) is 56.0. The normalized spacial score (nSPS) is 19.1. The molecule has 1 aliphatic heterocycles. The van der Waals surface area contributed by atoms with Gasteiger partial charge in [0.1, 0.15) is 24.4 Å². The Hall–Kier alpha value is -4.72. The lowest BCUT2D eigenvalue weighted by Crippen LogP contribution is -2.61. The average molecular weight is 1240 g/mol. The van der Waals surface area contributed by atoms with Gasteiger partial charge in [-0.05, 0) is 128 Å². The third-order valence-electron chi connectivity index (χ3n) is 15.4. The van der Waals surface area contributed by atoms with Crippen LogP contribution in [0.4, 0.5) is 0 Å². The summed E-state index contributed by atoms with van der Waals surface area (Å²) in [6.07, 6.45) is 82.7. The second-order valence-electron chi connectivity index (χ2n) is 23.5. The second kappa shape index (κ2) is 63.4. The van der Waals surface area contributed by atoms with Gasteiger partial charge in [0.25, 0.3) is 0 Å². The Morgan fingerprint density at radius 1 is 0.449 bits per heavy atom. The molecular formula is C78H127NO10. The second-order valence-corrected chi connectivity index (χ2v) is 23.5. The molecule has 0 bridgehead atoms. The van der Waals surface area contributed by atoms with E-state index in [1.165, 1.54) is 38.5 Å². The van der Waals surface area contributed by atoms with Crippen molar-refractivity contribution < 1.29 is 49.3 Å². The van der Waals surface area contributed by atoms with E-state index >= 15 is 0 Å². The number of unbranched alkanes of at least 4 members (excludes halogenated alkanes) is 20. The molecule has 1 heterocycles. The van der Waals surface area contributed by atoms with Gasteiger partial charge in [-0.1, -0.05) is 281 Å². The maximum atomic E-state index is 13.5. The average Bonchev–Trinajstić information content (AvgIpc) is 3.71. The zero-order chi connectivity index (χ0) is 64.6. The lowest BCUT2D eigenvalue weighted by molar-refractivity contribution is -0.305. The van der Waals surface area contributed by atoms with Gasteiger partial charge in [-0.2, -0.15) is 0 Å². The van der Waals surface area contributed by atoms with Gasteiger partial charge in [-0.15, -0.1) is 0 Å². The minimum absolute atomic E-state index is 0.0946. The van der Waals surface area contributed by atoms with Crippen molar-refractivity contribution in [2.45, 2.75) is 307 Å². The first-order valence-electron chi connectivity index (χ1n) is 35.3. The highest BCUT2D eigenvalue weighted by atomic mass is 16.7. The number of aliphatic hydroxyl groups is 5. The molecule has 0 spiro atoms. The monoisotopic (exact) mass is 1240 g/mol. The number of rotatable bonds is 58. The number of hydrogen-bond donors (Lipinski definition) is 6. The Morgan fingerprint density at radius 2 is 0.809 bits per heavy atom. The molecule has 0 aliphatic carbocycles. The maximum absolute atomic E-state index is 13.5. The number of amides is 1. The number of allylic oxidation sites excluding steroid dienone is 25. The van der Waals surface area contributed by atoms with Crippen LogP contribution < -0.4 is 5.32 Å². The van der Waals surface area contributed by atoms with Gasteiger partial charge in [-0.25, -0.2) is 0 Å². The summed E-state index contributed by atoms with van der Waals surface area (Å²) in [5, 5.41) is 57.2. The molecule has 0 radical (unpaired) electrons. The first-order valence-corrected chi connectivity index (χ1v) is 35.3. The summed E-state index contributed by atoms with van der Waals surface area (Å²) in [7, 11) is 0. The number of ether oxygens (including phenoxy) is 3. The van der Waals surface area contributed by atoms with E-state index in [0.717, 1.165) is 173 Å². The van der Waals surface area contributed by atoms with Gasteiger partial charge < -0.3 is 45.1 Å². The van der Waals surface area contributed by atoms with Crippen molar-refractivity contribution in [1.29, 1.82) is 0 Å². The Balaban J connectivity index is 2.61. The van der Waals surface area contributed by atoms with Crippen LogP contribution in [0.15, 0.2) is 158 Å². The molecule has 8 atom stereocenters. The molecule has 1 fully saturated rings. The maximum Gasteiger partial charge on any atom is 0.306 e. The number of aliphatic hydroxyl groups excluding tert-OH is 5. The van der Waals surface area contributed by atoms with Crippen LogP contribution in [0.3, 0.4) is 0 Å². The van der Waals surface area contributed by atoms with E-state index < -0.39 is 67.4 Å². The standard InChI is InChI=1S/C78H127NO10/c1-4-7-10-13-16-19-22-24-26-28-30-32-34-36-38-40-42-44-46-48-51-54-57-60-63-66-73(83)89-76-75(85)74(84)72(67-80)88-78(76)87-68-69(70(81)64-61-58-55-52-49-21-18-15-12-9-6-3)79-77(86)71(82)65-62-59-56-53-50-47-45-43-41-39-37-35-33-31-29-27-25-23-20-17-14-11-8-5-2/h7-8,10-11,16-17,19-20,24-27,30-33,36-39,42-45,61,64,69-72,74-76,78,80-82,84-85H,4-6,9,12-15,18,21-23,28-29,34-35,40-41,46-60,62-63,65-68H2,1-3H3,(H,79,86)/b10-7-,11-8-,19-16-,20-17-,26-24-,27-25-,32-30-,33-31-,38-36-,39-37-,44-42-,45-43-,64-61+. The number of carbonyl (C=O) groups is 2. The SMILES string of the molecule is CC/C=C\C/C=C\C/C=C\C/C=C\C/C=C\C/C=C\CCCCCCCCC(=O)OC1C(OCC(NC(=O)C(O)CCCCCCC/C=C\C/C=C\C/C=C\C/C=C\C/C=C\C/C=C\CC)C(O)/C=C/CCCCCCCCCCC)OC(CO)C(O)C1O. The van der Waals surface area contributed by atoms with Crippen molar-refractivity contribution in [3.8, 4) is 0 Å². The first kappa shape index (κ1) is 82.3. The summed E-state index contributed by atoms with van der Waals surface area (Å²) in [5.74, 6) is -1.24. The van der Waals surface area contributed by atoms with E-state index in [1.54, 1.807) is 6.08 Å². The number of nitrogens with one attached hydrogen (secondary N) is 1. The quantitative estimate of drug-likeness (QED) is 0.0195. The smallest absolute Gasteiger partial charge is 0.306 e. The molecule has 8 unspecified atom stereocenters. The van der Waals surface area contributed by atoms with Gasteiger partial charge in [0.15, 0.2) is 12.4 Å². The van der Waals surface area contributed by atoms with Crippen LogP contribution in [0.25, 0.3) is 0 Å². The molecule has 504 valence electrons. The van der Waals surface area contributed by atoms with E-state index in [9.17, 15) is 35.1 Å². The Labute approximate surface area is 542 Å². The highest BCUT2D eigenvalue weighted by Crippen LogP contribution is 2.26. The van der Waals surface area contributed by atoms with Gasteiger partial charge in [-0.3, -0.25) is 9.59 Å². The first-order chi connectivity index (χ1) is 43.7. The van der Waals surface area contributed by atoms with Crippen molar-refractivity contribution in [2.24, 2.45) is 0 Å². The molecule has 11 heteroatoms. The Morgan fingerprint density at radius 3 is 1.21 bits per heavy atom. The van der Waals surface area contributed by atoms with Crippen molar-refractivity contribution in [2.75, 3.05) is 13.2 Å². The predicted octanol–water partition coefficient (Wildman–Crippen LogP) is 18.3. The van der Waals surface area contributed by atoms with Crippen LogP contribution in [-0.4, -0.2) is 99.6 Å². The molecular weight excluding hydrogens is 1110 g/mol. The summed E-state index contributed by atoms with van der Waals surface area (Å²) in [6.45, 7) is 5.54. The highest BCUT2D eigenvalue weighted by Gasteiger charge is 2.47. The van der Waals surface area contributed by atoms with Crippen LogP contribution in [0.5, 0.6) is 0 Å². The number of hydrogen-bond acceptors (Lipinski definition) is 10. The summed E-state index contributed by atoms with van der Waals surface area (Å²) in [6, 6.07) is -1.05. The molecule has 1 saturated heterocycles. The third kappa shape index (κ3) is 50.6. The van der Waals surface area contributed by atoms with Crippen molar-refractivity contribution >= 4 is 11.9 Å². The molecule has 6 N–H and O–H groups in total. The van der Waals surface area contributed by atoms with Gasteiger partial charge >= 0.3 is 5.97 Å². The van der Waals surface area contributed by atoms with Crippen LogP contribution in [0.1, 0.15) is 258 Å². The van der Waals surface area contributed by atoms with Crippen molar-refractivity contribution in [3.05, 3.63) is 158 Å². The lowest BCUT2D eigenvalue weighted by atomic mass is 9.99. The predicted molar refractivity (Wildman–Crippen MR) is 374 cm³/mol. The van der Waals surface area contributed by atoms with Gasteiger partial charge in [0.2, 0.25) is 5.91 Å². The van der Waals surface area contributed by atoms with Crippen LogP contribution in [0.2, 0.25) is 0 Å². The summed E-state index contributed by atoms with van der Waals surface area (Å²) < 4.78 is 17.7. The fourth-order valence-corrected chi connectivity index (χ4v) is 9.95. The molecule has 1 amide bonds. The van der Waals surface area contributed by atoms with E-state index in [-0.39, 0.29) is 19.4 Å². The van der Waals surface area contributed by atoms with Gasteiger partial charge in [0, 0.05) is 6.42 Å². The topological polar surface area (TPSA) is 175 Å². The van der Waals surface area contributed by atoms with E-state index in [4.69, 9.17) is 14.2 Å². The van der Waals surface area contributed by atoms with E-state index in [2.05, 4.69) is 172 Å². The Bertz CT molecular complexity index is 2060. The minimum Gasteiger partial charge on any atom is -0.454 e. The van der Waals surface area contributed by atoms with Crippen LogP contribution in [0, 0.1) is 0 Å². The zero-order valence-corrected chi connectivity index (χ0v) is 56.0. The summed E-state index contributed by atoms with van der Waals surface area (Å²) in [5.41, 5.74) is 0. The molecule has 1 aliphatic rings. The minimum atomic E-state index is -1.64. The van der Waals surface area contributed by atoms with Crippen molar-refractivity contribution in [1.82, 2.24) is 5.32 Å². The fourth-order valence-electron chi connectivity index (χ4n) is 9.95. The fraction of sp³-hybridized carbons (Fsp3) is 0.641. The molecule has 0 aromatic rings. The highest BCUT2D eigenvalue weighted by molar-refractivity contribution is 5.80. The molecule has 0 saturated carbocycles. The molecule has 1 rings (SSSR count). The number of esters is 1. The molecule has 11 nitrogen and oxygen atoms in total. The van der Waals surface area contributed by atoms with E-state index in [1.807, 2.05) is 6.08 Å². The van der Waals surface area contributed by atoms with Crippen LogP contribution in [-0.2, 0) is 23.8 Å². The molecule has 89 heavy (non-hydrogen) atoms. The van der Waals surface area contributed by atoms with E-state index in [0.29, 0.717) is 12.8 Å². The molecule has 0 aromatic heterocycles. The lowest BCUT2D eigenvalue weighted by Gasteiger charge is -2.41.